The minimum atomic E-state index is -1.03. The van der Waals surface area contributed by atoms with Crippen LogP contribution in [0.4, 0.5) is 5.69 Å². The molecule has 0 amide bonds. The standard InChI is InChI=1S/C28H24N2O6/c1-34-27(32)21-23-25(36-26(21)28(33)35-2)19-13-7-6-12-18(19)24(31)22(20-14-8-9-15-29-20)30(23)16-17-10-4-3-5-11-17/h3-15,22,24,31H,16H2,1-2H3/t22-,24-/m1/s1. The van der Waals surface area contributed by atoms with E-state index < -0.39 is 24.1 Å². The molecule has 8 heteroatoms. The highest BCUT2D eigenvalue weighted by Gasteiger charge is 2.43. The van der Waals surface area contributed by atoms with Gasteiger partial charge in [0.15, 0.2) is 5.76 Å². The second-order valence-electron chi connectivity index (χ2n) is 8.31. The normalized spacial score (nSPS) is 16.5. The highest BCUT2D eigenvalue weighted by Crippen LogP contribution is 2.51. The van der Waals surface area contributed by atoms with E-state index in [9.17, 15) is 14.7 Å². The third-order valence-electron chi connectivity index (χ3n) is 6.28. The Balaban J connectivity index is 1.87. The summed E-state index contributed by atoms with van der Waals surface area (Å²) in [5.74, 6) is -1.57. The Bertz CT molecular complexity index is 1400. The molecule has 0 unspecified atom stereocenters. The van der Waals surface area contributed by atoms with E-state index in [1.165, 1.54) is 14.2 Å². The quantitative estimate of drug-likeness (QED) is 0.407. The van der Waals surface area contributed by atoms with Crippen LogP contribution in [0.1, 0.15) is 49.9 Å². The van der Waals surface area contributed by atoms with Crippen LogP contribution in [0.25, 0.3) is 11.3 Å². The maximum atomic E-state index is 13.1. The fourth-order valence-electron chi connectivity index (χ4n) is 4.68. The summed E-state index contributed by atoms with van der Waals surface area (Å²) in [7, 11) is 2.45. The van der Waals surface area contributed by atoms with Gasteiger partial charge in [-0.2, -0.15) is 0 Å². The second-order valence-corrected chi connectivity index (χ2v) is 8.31. The number of hydrogen-bond acceptors (Lipinski definition) is 8. The Labute approximate surface area is 207 Å². The molecule has 4 aromatic rings. The molecule has 0 radical (unpaired) electrons. The zero-order valence-corrected chi connectivity index (χ0v) is 19.8. The molecule has 0 aliphatic carbocycles. The van der Waals surface area contributed by atoms with E-state index in [1.54, 1.807) is 30.5 Å². The predicted molar refractivity (Wildman–Crippen MR) is 131 cm³/mol. The topological polar surface area (TPSA) is 102 Å². The van der Waals surface area contributed by atoms with Crippen LogP contribution in [0.2, 0.25) is 0 Å². The van der Waals surface area contributed by atoms with E-state index in [1.807, 2.05) is 53.4 Å². The lowest BCUT2D eigenvalue weighted by Crippen LogP contribution is -2.33. The van der Waals surface area contributed by atoms with E-state index >= 15 is 0 Å². The minimum absolute atomic E-state index is 0.0693. The molecule has 1 aliphatic heterocycles. The molecule has 8 nitrogen and oxygen atoms in total. The molecule has 0 spiro atoms. The summed E-state index contributed by atoms with van der Waals surface area (Å²) in [5, 5.41) is 11.8. The molecule has 3 heterocycles. The lowest BCUT2D eigenvalue weighted by atomic mass is 9.95. The minimum Gasteiger partial charge on any atom is -0.465 e. The largest absolute Gasteiger partial charge is 0.465 e. The summed E-state index contributed by atoms with van der Waals surface area (Å²) in [6.07, 6.45) is 0.617. The van der Waals surface area contributed by atoms with Crippen LogP contribution in [-0.2, 0) is 16.0 Å². The fraction of sp³-hybridized carbons (Fsp3) is 0.179. The molecule has 0 fully saturated rings. The Morgan fingerprint density at radius 1 is 0.944 bits per heavy atom. The zero-order chi connectivity index (χ0) is 25.2. The lowest BCUT2D eigenvalue weighted by Gasteiger charge is -2.35. The third-order valence-corrected chi connectivity index (χ3v) is 6.28. The molecule has 0 saturated carbocycles. The van der Waals surface area contributed by atoms with Crippen LogP contribution in [-0.4, -0.2) is 36.2 Å². The summed E-state index contributed by atoms with van der Waals surface area (Å²) in [6, 6.07) is 21.5. The van der Waals surface area contributed by atoms with E-state index in [-0.39, 0.29) is 23.6 Å². The van der Waals surface area contributed by atoms with E-state index in [2.05, 4.69) is 4.98 Å². The number of ether oxygens (including phenoxy) is 2. The number of methoxy groups -OCH3 is 2. The number of aromatic nitrogens is 1. The van der Waals surface area contributed by atoms with Crippen LogP contribution in [0.15, 0.2) is 83.4 Å². The number of nitrogens with zero attached hydrogens (tertiary/aromatic N) is 2. The second kappa shape index (κ2) is 9.67. The molecule has 2 aromatic carbocycles. The fourth-order valence-corrected chi connectivity index (χ4v) is 4.68. The Morgan fingerprint density at radius 2 is 1.64 bits per heavy atom. The molecule has 36 heavy (non-hydrogen) atoms. The predicted octanol–water partition coefficient (Wildman–Crippen LogP) is 4.71. The van der Waals surface area contributed by atoms with Crippen LogP contribution in [0, 0.1) is 0 Å². The van der Waals surface area contributed by atoms with Gasteiger partial charge in [0.2, 0.25) is 5.76 Å². The number of pyridine rings is 1. The number of anilines is 1. The number of aliphatic hydroxyl groups is 1. The number of carbonyl (C=O) groups excluding carboxylic acids is 2. The maximum Gasteiger partial charge on any atom is 0.374 e. The molecule has 1 aliphatic rings. The molecule has 2 aromatic heterocycles. The van der Waals surface area contributed by atoms with Crippen LogP contribution >= 0.6 is 0 Å². The van der Waals surface area contributed by atoms with Crippen molar-refractivity contribution < 1.29 is 28.6 Å². The van der Waals surface area contributed by atoms with Crippen molar-refractivity contribution in [1.82, 2.24) is 4.98 Å². The Morgan fingerprint density at radius 3 is 2.33 bits per heavy atom. The van der Waals surface area contributed by atoms with Gasteiger partial charge in [-0.25, -0.2) is 9.59 Å². The van der Waals surface area contributed by atoms with E-state index in [0.717, 1.165) is 5.56 Å². The first kappa shape index (κ1) is 23.3. The van der Waals surface area contributed by atoms with Crippen molar-refractivity contribution in [2.45, 2.75) is 18.7 Å². The van der Waals surface area contributed by atoms with Crippen molar-refractivity contribution in [2.75, 3.05) is 19.1 Å². The van der Waals surface area contributed by atoms with Crippen molar-refractivity contribution in [3.8, 4) is 11.3 Å². The van der Waals surface area contributed by atoms with Gasteiger partial charge in [-0.15, -0.1) is 0 Å². The molecular formula is C28H24N2O6. The van der Waals surface area contributed by atoms with Crippen LogP contribution in [0.5, 0.6) is 0 Å². The van der Waals surface area contributed by atoms with E-state index in [0.29, 0.717) is 22.5 Å². The smallest absolute Gasteiger partial charge is 0.374 e. The van der Waals surface area contributed by atoms with Gasteiger partial charge in [-0.1, -0.05) is 60.7 Å². The Kier molecular flexibility index (Phi) is 6.26. The lowest BCUT2D eigenvalue weighted by molar-refractivity contribution is 0.0529. The number of hydrogen-bond donors (Lipinski definition) is 1. The van der Waals surface area contributed by atoms with Gasteiger partial charge < -0.3 is 23.9 Å². The van der Waals surface area contributed by atoms with Crippen LogP contribution in [0.3, 0.4) is 0 Å². The molecule has 0 saturated heterocycles. The first-order valence-corrected chi connectivity index (χ1v) is 11.4. The first-order valence-electron chi connectivity index (χ1n) is 11.4. The van der Waals surface area contributed by atoms with Crippen molar-refractivity contribution in [1.29, 1.82) is 0 Å². The van der Waals surface area contributed by atoms with Gasteiger partial charge in [0.1, 0.15) is 23.4 Å². The number of aliphatic hydroxyl groups excluding tert-OH is 1. The number of esters is 2. The summed E-state index contributed by atoms with van der Waals surface area (Å²) in [6.45, 7) is 0.282. The van der Waals surface area contributed by atoms with Gasteiger partial charge in [0, 0.05) is 18.3 Å². The summed E-state index contributed by atoms with van der Waals surface area (Å²) in [4.78, 5) is 32.3. The SMILES string of the molecule is COC(=O)c1oc2c(c1C(=O)OC)N(Cc1ccccc1)[C@H](c1ccccn1)[C@H](O)c1ccccc1-2. The van der Waals surface area contributed by atoms with Gasteiger partial charge >= 0.3 is 11.9 Å². The summed E-state index contributed by atoms with van der Waals surface area (Å²) in [5.41, 5.74) is 2.88. The molecule has 0 bridgehead atoms. The van der Waals surface area contributed by atoms with Crippen LogP contribution < -0.4 is 4.90 Å². The highest BCUT2D eigenvalue weighted by molar-refractivity contribution is 6.09. The van der Waals surface area contributed by atoms with Crippen molar-refractivity contribution in [3.63, 3.8) is 0 Å². The van der Waals surface area contributed by atoms with Crippen molar-refractivity contribution in [3.05, 3.63) is 107 Å². The molecule has 5 rings (SSSR count). The Hall–Kier alpha value is -4.43. The molecular weight excluding hydrogens is 460 g/mol. The molecule has 182 valence electrons. The van der Waals surface area contributed by atoms with Gasteiger partial charge in [0.25, 0.3) is 0 Å². The van der Waals surface area contributed by atoms with Gasteiger partial charge in [-0.3, -0.25) is 4.98 Å². The number of rotatable bonds is 5. The first-order chi connectivity index (χ1) is 17.5. The monoisotopic (exact) mass is 484 g/mol. The average Bonchev–Trinajstić information content (AvgIpc) is 3.29. The number of benzene rings is 2. The number of carbonyl (C=O) groups is 2. The summed E-state index contributed by atoms with van der Waals surface area (Å²) < 4.78 is 16.1. The van der Waals surface area contributed by atoms with Gasteiger partial charge in [0.05, 0.1) is 19.9 Å². The number of fused-ring (bicyclic) bond motifs is 3. The molecule has 2 atom stereocenters. The summed E-state index contributed by atoms with van der Waals surface area (Å²) >= 11 is 0. The molecule has 1 N–H and O–H groups in total. The number of furan rings is 1. The van der Waals surface area contributed by atoms with Crippen molar-refractivity contribution in [2.24, 2.45) is 0 Å². The zero-order valence-electron chi connectivity index (χ0n) is 19.8. The van der Waals surface area contributed by atoms with E-state index in [4.69, 9.17) is 13.9 Å². The maximum absolute atomic E-state index is 13.1. The third kappa shape index (κ3) is 3.91. The average molecular weight is 485 g/mol. The highest BCUT2D eigenvalue weighted by atomic mass is 16.5. The van der Waals surface area contributed by atoms with Gasteiger partial charge in [-0.05, 0) is 23.3 Å². The van der Waals surface area contributed by atoms with Crippen molar-refractivity contribution >= 4 is 17.6 Å².